The molecule has 0 saturated heterocycles. The van der Waals surface area contributed by atoms with Gasteiger partial charge in [0.15, 0.2) is 15.7 Å². The summed E-state index contributed by atoms with van der Waals surface area (Å²) in [5, 5.41) is 9.89. The number of aromatic nitrogens is 6. The molecule has 228 valence electrons. The van der Waals surface area contributed by atoms with Gasteiger partial charge in [0.25, 0.3) is 0 Å². The van der Waals surface area contributed by atoms with Crippen molar-refractivity contribution in [3.8, 4) is 33.9 Å². The van der Waals surface area contributed by atoms with E-state index >= 15 is 0 Å². The maximum atomic E-state index is 14.7. The van der Waals surface area contributed by atoms with Crippen LogP contribution in [0.2, 0.25) is 0 Å². The molecule has 1 aliphatic carbocycles. The molecule has 13 heteroatoms. The van der Waals surface area contributed by atoms with Gasteiger partial charge in [-0.2, -0.15) is 5.10 Å². The highest BCUT2D eigenvalue weighted by atomic mass is 32.2. The first-order valence-corrected chi connectivity index (χ1v) is 16.4. The van der Waals surface area contributed by atoms with E-state index in [0.29, 0.717) is 50.6 Å². The Bertz CT molecular complexity index is 2210. The van der Waals surface area contributed by atoms with Crippen LogP contribution in [0.3, 0.4) is 0 Å². The Hall–Kier alpha value is -5.01. The average Bonchev–Trinajstić information content (AvgIpc) is 3.79. The molecule has 1 aliphatic rings. The number of imidazole rings is 1. The molecule has 7 rings (SSSR count). The summed E-state index contributed by atoms with van der Waals surface area (Å²) in [5.74, 6) is -0.0803. The third kappa shape index (κ3) is 5.56. The predicted octanol–water partition coefficient (Wildman–Crippen LogP) is 5.50. The van der Waals surface area contributed by atoms with Gasteiger partial charge < -0.3 is 16.0 Å². The molecule has 0 aliphatic heterocycles. The molecular formula is C32H29FN8O3S. The second-order valence-electron chi connectivity index (χ2n) is 11.4. The lowest BCUT2D eigenvalue weighted by atomic mass is 10.0. The lowest BCUT2D eigenvalue weighted by molar-refractivity contribution is -0.119. The molecule has 1 amide bonds. The van der Waals surface area contributed by atoms with Crippen molar-refractivity contribution < 1.29 is 17.6 Å². The van der Waals surface area contributed by atoms with Gasteiger partial charge in [-0.1, -0.05) is 25.0 Å². The molecule has 1 unspecified atom stereocenters. The van der Waals surface area contributed by atoms with Gasteiger partial charge in [0.05, 0.1) is 40.3 Å². The predicted molar refractivity (Wildman–Crippen MR) is 170 cm³/mol. The molecule has 11 nitrogen and oxygen atoms in total. The number of sulfone groups is 1. The second-order valence-corrected chi connectivity index (χ2v) is 13.6. The molecule has 1 atom stereocenters. The highest BCUT2D eigenvalue weighted by Crippen LogP contribution is 2.34. The van der Waals surface area contributed by atoms with Gasteiger partial charge in [-0.05, 0) is 60.4 Å². The molecule has 1 saturated carbocycles. The van der Waals surface area contributed by atoms with E-state index in [4.69, 9.17) is 10.7 Å². The largest absolute Gasteiger partial charge is 0.337 e. The Morgan fingerprint density at radius 1 is 1.04 bits per heavy atom. The first-order valence-electron chi connectivity index (χ1n) is 14.5. The fraction of sp³-hybridized carbons (Fsp3) is 0.219. The van der Waals surface area contributed by atoms with E-state index in [-0.39, 0.29) is 17.4 Å². The molecule has 5 N–H and O–H groups in total. The molecule has 2 aromatic carbocycles. The Morgan fingerprint density at radius 2 is 1.87 bits per heavy atom. The first-order chi connectivity index (χ1) is 21.6. The van der Waals surface area contributed by atoms with Crippen molar-refractivity contribution in [2.24, 2.45) is 11.7 Å². The van der Waals surface area contributed by atoms with Crippen molar-refractivity contribution in [3.05, 3.63) is 78.5 Å². The van der Waals surface area contributed by atoms with Crippen molar-refractivity contribution in [1.29, 1.82) is 0 Å². The summed E-state index contributed by atoms with van der Waals surface area (Å²) in [6.07, 6.45) is 9.97. The number of carbonyl (C=O) groups is 1. The number of nitrogens with one attached hydrogen (secondary N) is 3. The fourth-order valence-electron chi connectivity index (χ4n) is 5.89. The minimum atomic E-state index is -3.65. The molecule has 0 spiro atoms. The lowest BCUT2D eigenvalue weighted by Crippen LogP contribution is -2.20. The van der Waals surface area contributed by atoms with Gasteiger partial charge in [-0.25, -0.2) is 17.8 Å². The molecule has 4 aromatic heterocycles. The third-order valence-corrected chi connectivity index (χ3v) is 9.43. The molecule has 45 heavy (non-hydrogen) atoms. The van der Waals surface area contributed by atoms with Crippen LogP contribution in [0, 0.1) is 11.7 Å². The minimum Gasteiger partial charge on any atom is -0.337 e. The van der Waals surface area contributed by atoms with Crippen LogP contribution in [0.15, 0.2) is 67.1 Å². The van der Waals surface area contributed by atoms with E-state index in [1.165, 1.54) is 6.07 Å². The Balaban J connectivity index is 1.25. The zero-order chi connectivity index (χ0) is 31.3. The number of carbonyl (C=O) groups excluding carboxylic acids is 1. The van der Waals surface area contributed by atoms with Crippen molar-refractivity contribution >= 4 is 43.4 Å². The number of halogens is 1. The van der Waals surface area contributed by atoms with E-state index in [0.717, 1.165) is 49.0 Å². The highest BCUT2D eigenvalue weighted by Gasteiger charge is 2.23. The van der Waals surface area contributed by atoms with Gasteiger partial charge in [-0.3, -0.25) is 19.9 Å². The van der Waals surface area contributed by atoms with Gasteiger partial charge >= 0.3 is 0 Å². The maximum absolute atomic E-state index is 14.7. The SMILES string of the molecule is CS(=O)(=O)C(N)c1cc(F)cc(-c2cccc3[nH]c(-c4n[nH]c5cnc(-c6cncc(NC(=O)C7CCCC7)c6)cc45)nc23)c1. The van der Waals surface area contributed by atoms with E-state index in [2.05, 4.69) is 30.5 Å². The minimum absolute atomic E-state index is 0.0175. The van der Waals surface area contributed by atoms with Crippen LogP contribution >= 0.6 is 0 Å². The van der Waals surface area contributed by atoms with Crippen LogP contribution in [-0.2, 0) is 14.6 Å². The lowest BCUT2D eigenvalue weighted by Gasteiger charge is -2.12. The number of aromatic amines is 2. The second kappa shape index (κ2) is 11.2. The van der Waals surface area contributed by atoms with Crippen LogP contribution in [0.1, 0.15) is 36.6 Å². The molecule has 4 heterocycles. The van der Waals surface area contributed by atoms with Gasteiger partial charge in [0.2, 0.25) is 5.91 Å². The number of hydrogen-bond donors (Lipinski definition) is 4. The van der Waals surface area contributed by atoms with Gasteiger partial charge in [0, 0.05) is 34.9 Å². The summed E-state index contributed by atoms with van der Waals surface area (Å²) < 4.78 is 38.8. The Morgan fingerprint density at radius 3 is 2.67 bits per heavy atom. The van der Waals surface area contributed by atoms with Crippen molar-refractivity contribution in [2.45, 2.75) is 31.1 Å². The smallest absolute Gasteiger partial charge is 0.227 e. The number of anilines is 1. The fourth-order valence-corrected chi connectivity index (χ4v) is 6.52. The number of rotatable bonds is 7. The molecule has 1 fully saturated rings. The quantitative estimate of drug-likeness (QED) is 0.180. The number of hydrogen-bond acceptors (Lipinski definition) is 8. The molecule has 0 bridgehead atoms. The zero-order valence-electron chi connectivity index (χ0n) is 24.2. The van der Waals surface area contributed by atoms with E-state index in [1.54, 1.807) is 36.8 Å². The maximum Gasteiger partial charge on any atom is 0.227 e. The van der Waals surface area contributed by atoms with Crippen LogP contribution in [-0.4, -0.2) is 50.7 Å². The summed E-state index contributed by atoms with van der Waals surface area (Å²) in [6, 6.07) is 13.2. The number of benzene rings is 2. The van der Waals surface area contributed by atoms with Crippen molar-refractivity contribution in [1.82, 2.24) is 30.1 Å². The Kier molecular flexibility index (Phi) is 7.13. The van der Waals surface area contributed by atoms with Gasteiger partial charge in [0.1, 0.15) is 16.9 Å². The summed E-state index contributed by atoms with van der Waals surface area (Å²) in [5.41, 5.74) is 11.6. The van der Waals surface area contributed by atoms with Crippen LogP contribution < -0.4 is 11.1 Å². The van der Waals surface area contributed by atoms with Gasteiger partial charge in [-0.15, -0.1) is 0 Å². The van der Waals surface area contributed by atoms with Crippen LogP contribution in [0.25, 0.3) is 55.8 Å². The number of pyridine rings is 2. The highest BCUT2D eigenvalue weighted by molar-refractivity contribution is 7.90. The van der Waals surface area contributed by atoms with Crippen LogP contribution in [0.5, 0.6) is 0 Å². The number of fused-ring (bicyclic) bond motifs is 2. The van der Waals surface area contributed by atoms with Crippen molar-refractivity contribution in [3.63, 3.8) is 0 Å². The average molecular weight is 625 g/mol. The third-order valence-electron chi connectivity index (χ3n) is 8.23. The van der Waals surface area contributed by atoms with E-state index in [9.17, 15) is 17.6 Å². The molecule has 6 aromatic rings. The van der Waals surface area contributed by atoms with E-state index in [1.807, 2.05) is 18.2 Å². The number of amides is 1. The standard InChI is InChI=1S/C32H29FN8O3S/c1-45(43,44)30(34)19-9-18(10-21(33)11-19)23-7-4-8-25-28(23)39-31(38-25)29-24-13-26(36-16-27(24)40-41-29)20-12-22(15-35-14-20)37-32(42)17-5-2-3-6-17/h4,7-17,30H,2-3,5-6,34H2,1H3,(H,37,42)(H,38,39)(H,40,41). The monoisotopic (exact) mass is 624 g/mol. The summed E-state index contributed by atoms with van der Waals surface area (Å²) in [6.45, 7) is 0. The molecular weight excluding hydrogens is 595 g/mol. The topological polar surface area (TPSA) is 172 Å². The number of nitrogens with zero attached hydrogens (tertiary/aromatic N) is 4. The van der Waals surface area contributed by atoms with Crippen molar-refractivity contribution in [2.75, 3.05) is 11.6 Å². The Labute approximate surface area is 257 Å². The molecule has 0 radical (unpaired) electrons. The summed E-state index contributed by atoms with van der Waals surface area (Å²) in [7, 11) is -3.65. The summed E-state index contributed by atoms with van der Waals surface area (Å²) >= 11 is 0. The normalized spacial score (nSPS) is 14.7. The number of para-hydroxylation sites is 1. The summed E-state index contributed by atoms with van der Waals surface area (Å²) in [4.78, 5) is 29.7. The first kappa shape index (κ1) is 28.7. The van der Waals surface area contributed by atoms with E-state index < -0.39 is 21.0 Å². The number of H-pyrrole nitrogens is 2. The zero-order valence-corrected chi connectivity index (χ0v) is 25.0. The number of nitrogens with two attached hydrogens (primary N) is 1. The van der Waals surface area contributed by atoms with Crippen LogP contribution in [0.4, 0.5) is 10.1 Å².